The average molecular weight is 310 g/mol. The van der Waals surface area contributed by atoms with Gasteiger partial charge in [-0.1, -0.05) is 24.3 Å². The number of hydrogen-bond donors (Lipinski definition) is 1. The molecule has 0 saturated heterocycles. The average Bonchev–Trinajstić information content (AvgIpc) is 3.03. The molecular formula is C17H15FN4O. The van der Waals surface area contributed by atoms with Crippen molar-refractivity contribution in [3.8, 4) is 5.69 Å². The van der Waals surface area contributed by atoms with Crippen LogP contribution in [0.4, 0.5) is 4.39 Å². The summed E-state index contributed by atoms with van der Waals surface area (Å²) in [6.07, 6.45) is 1.49. The van der Waals surface area contributed by atoms with Gasteiger partial charge < -0.3 is 5.32 Å². The van der Waals surface area contributed by atoms with Crippen molar-refractivity contribution < 1.29 is 9.18 Å². The van der Waals surface area contributed by atoms with Crippen LogP contribution in [-0.2, 0) is 6.54 Å². The van der Waals surface area contributed by atoms with Crippen LogP contribution in [0.25, 0.3) is 5.69 Å². The lowest BCUT2D eigenvalue weighted by Gasteiger charge is -2.03. The lowest BCUT2D eigenvalue weighted by molar-refractivity contribution is 0.0940. The van der Waals surface area contributed by atoms with Gasteiger partial charge in [-0.05, 0) is 42.3 Å². The van der Waals surface area contributed by atoms with E-state index >= 15 is 0 Å². The van der Waals surface area contributed by atoms with Crippen LogP contribution >= 0.6 is 0 Å². The molecule has 0 aliphatic heterocycles. The van der Waals surface area contributed by atoms with Gasteiger partial charge in [-0.25, -0.2) is 14.1 Å². The molecule has 0 unspecified atom stereocenters. The number of carbonyl (C=O) groups is 1. The van der Waals surface area contributed by atoms with E-state index in [-0.39, 0.29) is 18.2 Å². The summed E-state index contributed by atoms with van der Waals surface area (Å²) in [6, 6.07) is 13.8. The Morgan fingerprint density at radius 2 is 2.04 bits per heavy atom. The fourth-order valence-electron chi connectivity index (χ4n) is 2.17. The minimum absolute atomic E-state index is 0.0721. The molecule has 0 spiro atoms. The van der Waals surface area contributed by atoms with Crippen molar-refractivity contribution in [2.24, 2.45) is 0 Å². The fourth-order valence-corrected chi connectivity index (χ4v) is 2.17. The van der Waals surface area contributed by atoms with Crippen LogP contribution in [0.1, 0.15) is 21.7 Å². The van der Waals surface area contributed by atoms with E-state index in [9.17, 15) is 9.18 Å². The number of aromatic nitrogens is 3. The van der Waals surface area contributed by atoms with E-state index in [2.05, 4.69) is 15.4 Å². The quantitative estimate of drug-likeness (QED) is 0.806. The number of carbonyl (C=O) groups excluding carboxylic acids is 1. The molecule has 3 aromatic rings. The number of nitrogens with zero attached hydrogens (tertiary/aromatic N) is 3. The van der Waals surface area contributed by atoms with Crippen LogP contribution < -0.4 is 5.32 Å². The van der Waals surface area contributed by atoms with Gasteiger partial charge in [-0.15, -0.1) is 5.10 Å². The molecule has 23 heavy (non-hydrogen) atoms. The van der Waals surface area contributed by atoms with Gasteiger partial charge in [0.2, 0.25) is 5.82 Å². The van der Waals surface area contributed by atoms with Crippen LogP contribution in [0.15, 0.2) is 54.9 Å². The molecule has 1 amide bonds. The molecule has 0 atom stereocenters. The number of benzene rings is 2. The summed E-state index contributed by atoms with van der Waals surface area (Å²) in [5, 5.41) is 6.85. The monoisotopic (exact) mass is 310 g/mol. The summed E-state index contributed by atoms with van der Waals surface area (Å²) < 4.78 is 14.6. The minimum Gasteiger partial charge on any atom is -0.345 e. The predicted molar refractivity (Wildman–Crippen MR) is 83.7 cm³/mol. The Labute approximate surface area is 132 Å². The van der Waals surface area contributed by atoms with Crippen LogP contribution in [0.5, 0.6) is 0 Å². The van der Waals surface area contributed by atoms with Gasteiger partial charge in [0.1, 0.15) is 12.1 Å². The lowest BCUT2D eigenvalue weighted by Crippen LogP contribution is -2.24. The molecule has 5 nitrogen and oxygen atoms in total. The van der Waals surface area contributed by atoms with Crippen LogP contribution in [0.2, 0.25) is 0 Å². The van der Waals surface area contributed by atoms with E-state index in [0.717, 1.165) is 11.3 Å². The highest BCUT2D eigenvalue weighted by Crippen LogP contribution is 2.09. The van der Waals surface area contributed by atoms with Gasteiger partial charge in [0.05, 0.1) is 5.69 Å². The summed E-state index contributed by atoms with van der Waals surface area (Å²) in [5.41, 5.74) is 2.60. The molecule has 1 heterocycles. The Morgan fingerprint density at radius 1 is 1.22 bits per heavy atom. The van der Waals surface area contributed by atoms with Gasteiger partial charge in [0, 0.05) is 6.54 Å². The summed E-state index contributed by atoms with van der Waals surface area (Å²) in [5.74, 6) is -0.665. The maximum absolute atomic E-state index is 13.1. The van der Waals surface area contributed by atoms with E-state index in [4.69, 9.17) is 0 Å². The highest BCUT2D eigenvalue weighted by Gasteiger charge is 2.12. The third kappa shape index (κ3) is 3.60. The zero-order valence-electron chi connectivity index (χ0n) is 12.5. The van der Waals surface area contributed by atoms with Gasteiger partial charge in [-0.2, -0.15) is 0 Å². The standard InChI is InChI=1S/C17H15FN4O/c1-12-4-2-7-15(8-12)22-11-20-16(21-22)17(23)19-10-13-5-3-6-14(18)9-13/h2-9,11H,10H2,1H3,(H,19,23). The second-order valence-electron chi connectivity index (χ2n) is 5.16. The first-order valence-corrected chi connectivity index (χ1v) is 7.13. The molecule has 1 N–H and O–H groups in total. The largest absolute Gasteiger partial charge is 0.345 e. The zero-order valence-corrected chi connectivity index (χ0v) is 12.5. The molecule has 2 aromatic carbocycles. The predicted octanol–water partition coefficient (Wildman–Crippen LogP) is 2.64. The first kappa shape index (κ1) is 14.9. The molecule has 0 aliphatic carbocycles. The number of aryl methyl sites for hydroxylation is 1. The molecule has 3 rings (SSSR count). The second kappa shape index (κ2) is 6.39. The van der Waals surface area contributed by atoms with Crippen molar-refractivity contribution in [1.82, 2.24) is 20.1 Å². The third-order valence-electron chi connectivity index (χ3n) is 3.30. The second-order valence-corrected chi connectivity index (χ2v) is 5.16. The van der Waals surface area contributed by atoms with E-state index < -0.39 is 5.91 Å². The maximum atomic E-state index is 13.1. The molecule has 0 fully saturated rings. The van der Waals surface area contributed by atoms with Crippen molar-refractivity contribution in [3.63, 3.8) is 0 Å². The highest BCUT2D eigenvalue weighted by atomic mass is 19.1. The highest BCUT2D eigenvalue weighted by molar-refractivity contribution is 5.90. The first-order valence-electron chi connectivity index (χ1n) is 7.13. The van der Waals surface area contributed by atoms with E-state index in [1.54, 1.807) is 16.8 Å². The number of nitrogens with one attached hydrogen (secondary N) is 1. The summed E-state index contributed by atoms with van der Waals surface area (Å²) in [7, 11) is 0. The Kier molecular flexibility index (Phi) is 4.14. The van der Waals surface area contributed by atoms with Gasteiger partial charge in [0.15, 0.2) is 0 Å². The van der Waals surface area contributed by atoms with Gasteiger partial charge >= 0.3 is 0 Å². The normalized spacial score (nSPS) is 10.5. The number of hydrogen-bond acceptors (Lipinski definition) is 3. The van der Waals surface area contributed by atoms with E-state index in [0.29, 0.717) is 5.56 Å². The Balaban J connectivity index is 1.69. The topological polar surface area (TPSA) is 59.8 Å². The number of halogens is 1. The SMILES string of the molecule is Cc1cccc(-n2cnc(C(=O)NCc3cccc(F)c3)n2)c1. The molecule has 6 heteroatoms. The van der Waals surface area contributed by atoms with Crippen LogP contribution in [-0.4, -0.2) is 20.7 Å². The van der Waals surface area contributed by atoms with Crippen LogP contribution in [0, 0.1) is 12.7 Å². The molecule has 116 valence electrons. The third-order valence-corrected chi connectivity index (χ3v) is 3.30. The Hall–Kier alpha value is -3.02. The Bertz CT molecular complexity index is 844. The lowest BCUT2D eigenvalue weighted by atomic mass is 10.2. The number of rotatable bonds is 4. The molecule has 0 radical (unpaired) electrons. The molecular weight excluding hydrogens is 295 g/mol. The summed E-state index contributed by atoms with van der Waals surface area (Å²) >= 11 is 0. The molecule has 1 aromatic heterocycles. The van der Waals surface area contributed by atoms with Crippen molar-refractivity contribution in [1.29, 1.82) is 0 Å². The Morgan fingerprint density at radius 3 is 2.83 bits per heavy atom. The van der Waals surface area contributed by atoms with Gasteiger partial charge in [0.25, 0.3) is 5.91 Å². The first-order chi connectivity index (χ1) is 11.1. The van der Waals surface area contributed by atoms with Crippen molar-refractivity contribution in [3.05, 3.63) is 77.6 Å². The minimum atomic E-state index is -0.402. The van der Waals surface area contributed by atoms with Gasteiger partial charge in [-0.3, -0.25) is 4.79 Å². The van der Waals surface area contributed by atoms with Crippen molar-refractivity contribution in [2.75, 3.05) is 0 Å². The summed E-state index contributed by atoms with van der Waals surface area (Å²) in [6.45, 7) is 2.20. The number of amides is 1. The van der Waals surface area contributed by atoms with Crippen LogP contribution in [0.3, 0.4) is 0 Å². The zero-order chi connectivity index (χ0) is 16.2. The molecule has 0 aliphatic rings. The molecule has 0 saturated carbocycles. The fraction of sp³-hybridized carbons (Fsp3) is 0.118. The molecule has 0 bridgehead atoms. The van der Waals surface area contributed by atoms with Crippen molar-refractivity contribution in [2.45, 2.75) is 13.5 Å². The smallest absolute Gasteiger partial charge is 0.291 e. The van der Waals surface area contributed by atoms with E-state index in [1.165, 1.54) is 18.5 Å². The van der Waals surface area contributed by atoms with E-state index in [1.807, 2.05) is 31.2 Å². The van der Waals surface area contributed by atoms with Crippen molar-refractivity contribution >= 4 is 5.91 Å². The summed E-state index contributed by atoms with van der Waals surface area (Å²) in [4.78, 5) is 16.1. The maximum Gasteiger partial charge on any atom is 0.291 e.